The third kappa shape index (κ3) is 6.07. The fourth-order valence-corrected chi connectivity index (χ4v) is 4.74. The molecule has 1 aromatic heterocycles. The molecule has 33 heavy (non-hydrogen) atoms. The van der Waals surface area contributed by atoms with Gasteiger partial charge in [0.25, 0.3) is 5.91 Å². The highest BCUT2D eigenvalue weighted by atomic mass is 35.5. The van der Waals surface area contributed by atoms with Crippen LogP contribution in [0, 0.1) is 20.8 Å². The lowest BCUT2D eigenvalue weighted by molar-refractivity contribution is -0.113. The molecule has 0 saturated carbocycles. The number of rotatable bonds is 7. The summed E-state index contributed by atoms with van der Waals surface area (Å²) >= 11 is 13.3. The smallest absolute Gasteiger partial charge is 0.253 e. The van der Waals surface area contributed by atoms with Crippen LogP contribution in [0.25, 0.3) is 0 Å². The van der Waals surface area contributed by atoms with Gasteiger partial charge in [0.15, 0.2) is 11.0 Å². The van der Waals surface area contributed by atoms with Gasteiger partial charge in [-0.1, -0.05) is 52.7 Å². The summed E-state index contributed by atoms with van der Waals surface area (Å²) in [6.07, 6.45) is 0. The Morgan fingerprint density at radius 3 is 2.39 bits per heavy atom. The fourth-order valence-electron chi connectivity index (χ4n) is 3.52. The summed E-state index contributed by atoms with van der Waals surface area (Å²) in [6, 6.07) is 8.34. The molecule has 0 aliphatic carbocycles. The van der Waals surface area contributed by atoms with Crippen LogP contribution < -0.4 is 10.6 Å². The Balaban J connectivity index is 1.62. The number of hydrogen-bond acceptors (Lipinski definition) is 5. The molecule has 0 unspecified atom stereocenters. The minimum Gasteiger partial charge on any atom is -0.342 e. The number of anilines is 1. The van der Waals surface area contributed by atoms with Crippen molar-refractivity contribution in [1.29, 1.82) is 0 Å². The molecule has 2 N–H and O–H groups in total. The van der Waals surface area contributed by atoms with E-state index in [1.165, 1.54) is 17.8 Å². The van der Waals surface area contributed by atoms with E-state index >= 15 is 0 Å². The maximum absolute atomic E-state index is 12.6. The van der Waals surface area contributed by atoms with Crippen molar-refractivity contribution in [3.05, 3.63) is 68.5 Å². The van der Waals surface area contributed by atoms with Crippen molar-refractivity contribution in [2.24, 2.45) is 7.05 Å². The van der Waals surface area contributed by atoms with Crippen LogP contribution in [-0.4, -0.2) is 32.3 Å². The zero-order valence-electron chi connectivity index (χ0n) is 19.0. The molecule has 0 radical (unpaired) electrons. The Hall–Kier alpha value is -2.55. The third-order valence-electron chi connectivity index (χ3n) is 5.05. The number of nitrogens with one attached hydrogen (secondary N) is 2. The second-order valence-corrected chi connectivity index (χ2v) is 9.62. The summed E-state index contributed by atoms with van der Waals surface area (Å²) < 4.78 is 1.76. The molecular weight excluding hydrogens is 481 g/mol. The maximum Gasteiger partial charge on any atom is 0.253 e. The van der Waals surface area contributed by atoms with Crippen LogP contribution in [0.4, 0.5) is 5.69 Å². The Labute approximate surface area is 207 Å². The van der Waals surface area contributed by atoms with Crippen molar-refractivity contribution in [3.63, 3.8) is 0 Å². The van der Waals surface area contributed by atoms with Crippen molar-refractivity contribution in [2.75, 3.05) is 11.1 Å². The molecule has 1 heterocycles. The molecular formula is C23H25Cl2N5O2S. The molecule has 2 amide bonds. The summed E-state index contributed by atoms with van der Waals surface area (Å²) in [6.45, 7) is 7.78. The van der Waals surface area contributed by atoms with Gasteiger partial charge in [-0.15, -0.1) is 10.2 Å². The normalized spacial score (nSPS) is 11.8. The van der Waals surface area contributed by atoms with Crippen LogP contribution in [0.15, 0.2) is 35.5 Å². The number of hydrogen-bond donors (Lipinski definition) is 2. The monoisotopic (exact) mass is 505 g/mol. The predicted molar refractivity (Wildman–Crippen MR) is 133 cm³/mol. The molecule has 0 spiro atoms. The average Bonchev–Trinajstić information content (AvgIpc) is 3.09. The Morgan fingerprint density at radius 2 is 1.76 bits per heavy atom. The van der Waals surface area contributed by atoms with Gasteiger partial charge < -0.3 is 15.2 Å². The first kappa shape index (κ1) is 25.1. The van der Waals surface area contributed by atoms with Crippen molar-refractivity contribution in [1.82, 2.24) is 20.1 Å². The molecule has 0 aliphatic heterocycles. The highest BCUT2D eigenvalue weighted by Crippen LogP contribution is 2.25. The van der Waals surface area contributed by atoms with Crippen LogP contribution in [0.1, 0.15) is 45.8 Å². The summed E-state index contributed by atoms with van der Waals surface area (Å²) in [7, 11) is 1.79. The number of nitrogens with zero attached hydrogens (tertiary/aromatic N) is 3. The van der Waals surface area contributed by atoms with Crippen LogP contribution >= 0.6 is 35.0 Å². The summed E-state index contributed by atoms with van der Waals surface area (Å²) in [5.41, 5.74) is 4.36. The summed E-state index contributed by atoms with van der Waals surface area (Å²) in [4.78, 5) is 25.1. The number of aryl methyl sites for hydroxylation is 3. The van der Waals surface area contributed by atoms with Gasteiger partial charge in [-0.25, -0.2) is 0 Å². The highest BCUT2D eigenvalue weighted by molar-refractivity contribution is 7.99. The largest absolute Gasteiger partial charge is 0.342 e. The lowest BCUT2D eigenvalue weighted by atomic mass is 10.1. The Morgan fingerprint density at radius 1 is 1.09 bits per heavy atom. The number of aromatic nitrogens is 3. The number of carbonyl (C=O) groups is 2. The lowest BCUT2D eigenvalue weighted by Gasteiger charge is -2.14. The number of benzene rings is 2. The van der Waals surface area contributed by atoms with E-state index in [1.54, 1.807) is 30.7 Å². The van der Waals surface area contributed by atoms with Crippen molar-refractivity contribution < 1.29 is 9.59 Å². The zero-order valence-corrected chi connectivity index (χ0v) is 21.3. The summed E-state index contributed by atoms with van der Waals surface area (Å²) in [5, 5.41) is 15.5. The standard InChI is InChI=1S/C23H25Cl2N5O2S/c1-12-8-13(2)20(14(3)9-12)27-19(31)11-33-23-29-28-21(30(23)5)15(4)26-22(32)17-7-6-16(24)10-18(17)25/h6-10,15H,11H2,1-5H3,(H,26,32)(H,27,31)/t15-/m0/s1. The van der Waals surface area contributed by atoms with Gasteiger partial charge in [0.2, 0.25) is 5.91 Å². The van der Waals surface area contributed by atoms with Gasteiger partial charge >= 0.3 is 0 Å². The minimum absolute atomic E-state index is 0.127. The second kappa shape index (κ2) is 10.6. The third-order valence-corrected chi connectivity index (χ3v) is 6.62. The van der Waals surface area contributed by atoms with E-state index in [2.05, 4.69) is 20.8 Å². The van der Waals surface area contributed by atoms with E-state index in [4.69, 9.17) is 23.2 Å². The number of thioether (sulfide) groups is 1. The molecule has 7 nitrogen and oxygen atoms in total. The van der Waals surface area contributed by atoms with E-state index in [9.17, 15) is 9.59 Å². The van der Waals surface area contributed by atoms with Crippen LogP contribution in [0.3, 0.4) is 0 Å². The molecule has 3 rings (SSSR count). The van der Waals surface area contributed by atoms with Crippen LogP contribution in [0.5, 0.6) is 0 Å². The molecule has 0 saturated heterocycles. The highest BCUT2D eigenvalue weighted by Gasteiger charge is 2.20. The van der Waals surface area contributed by atoms with Gasteiger partial charge in [0, 0.05) is 17.8 Å². The van der Waals surface area contributed by atoms with Crippen molar-refractivity contribution in [3.8, 4) is 0 Å². The van der Waals surface area contributed by atoms with Crippen molar-refractivity contribution in [2.45, 2.75) is 38.9 Å². The first-order chi connectivity index (χ1) is 15.6. The number of carbonyl (C=O) groups excluding carboxylic acids is 2. The quantitative estimate of drug-likeness (QED) is 0.427. The van der Waals surface area contributed by atoms with E-state index in [-0.39, 0.29) is 22.6 Å². The predicted octanol–water partition coefficient (Wildman–Crippen LogP) is 5.27. The van der Waals surface area contributed by atoms with Crippen molar-refractivity contribution >= 4 is 52.5 Å². The summed E-state index contributed by atoms with van der Waals surface area (Å²) in [5.74, 6) is 0.268. The molecule has 2 aromatic carbocycles. The first-order valence-electron chi connectivity index (χ1n) is 10.2. The minimum atomic E-state index is -0.428. The van der Waals surface area contributed by atoms with E-state index in [1.807, 2.05) is 32.9 Å². The SMILES string of the molecule is Cc1cc(C)c(NC(=O)CSc2nnc([C@H](C)NC(=O)c3ccc(Cl)cc3Cl)n2C)c(C)c1. The average molecular weight is 506 g/mol. The van der Waals surface area contributed by atoms with E-state index in [0.29, 0.717) is 21.6 Å². The second-order valence-electron chi connectivity index (χ2n) is 7.83. The van der Waals surface area contributed by atoms with Gasteiger partial charge in [-0.05, 0) is 57.0 Å². The van der Waals surface area contributed by atoms with Gasteiger partial charge in [0.05, 0.1) is 22.4 Å². The molecule has 10 heteroatoms. The Kier molecular flexibility index (Phi) is 8.05. The number of halogens is 2. The van der Waals surface area contributed by atoms with E-state index < -0.39 is 6.04 Å². The molecule has 0 bridgehead atoms. The van der Waals surface area contributed by atoms with Gasteiger partial charge in [-0.2, -0.15) is 0 Å². The van der Waals surface area contributed by atoms with Crippen LogP contribution in [0.2, 0.25) is 10.0 Å². The Bertz CT molecular complexity index is 1190. The van der Waals surface area contributed by atoms with E-state index in [0.717, 1.165) is 22.4 Å². The number of amides is 2. The molecule has 174 valence electrons. The lowest BCUT2D eigenvalue weighted by Crippen LogP contribution is -2.28. The van der Waals surface area contributed by atoms with Crippen LogP contribution in [-0.2, 0) is 11.8 Å². The van der Waals surface area contributed by atoms with Gasteiger partial charge in [0.1, 0.15) is 0 Å². The molecule has 1 atom stereocenters. The van der Waals surface area contributed by atoms with Gasteiger partial charge in [-0.3, -0.25) is 9.59 Å². The first-order valence-corrected chi connectivity index (χ1v) is 12.0. The molecule has 0 fully saturated rings. The molecule has 3 aromatic rings. The fraction of sp³-hybridized carbons (Fsp3) is 0.304. The topological polar surface area (TPSA) is 88.9 Å². The molecule has 0 aliphatic rings. The zero-order chi connectivity index (χ0) is 24.3. The maximum atomic E-state index is 12.6.